The van der Waals surface area contributed by atoms with E-state index in [0.717, 1.165) is 35.2 Å². The standard InChI is InChI=1S/C12H15BrN4S/c1-2-3-8-11(14)16-7-17-12(8)15-6-10-9(13)4-5-18-10/h4-5,7H,2-3,6H2,1H3,(H3,14,15,16,17). The van der Waals surface area contributed by atoms with Gasteiger partial charge < -0.3 is 11.1 Å². The molecule has 0 aliphatic carbocycles. The zero-order chi connectivity index (χ0) is 13.0. The first kappa shape index (κ1) is 13.3. The molecule has 18 heavy (non-hydrogen) atoms. The second kappa shape index (κ2) is 6.15. The van der Waals surface area contributed by atoms with Crippen LogP contribution in [0.25, 0.3) is 0 Å². The lowest BCUT2D eigenvalue weighted by Gasteiger charge is -2.11. The third-order valence-electron chi connectivity index (χ3n) is 2.59. The smallest absolute Gasteiger partial charge is 0.135 e. The van der Waals surface area contributed by atoms with Crippen molar-refractivity contribution >= 4 is 38.9 Å². The molecule has 0 radical (unpaired) electrons. The van der Waals surface area contributed by atoms with Gasteiger partial charge in [0.25, 0.3) is 0 Å². The number of halogens is 1. The maximum Gasteiger partial charge on any atom is 0.135 e. The summed E-state index contributed by atoms with van der Waals surface area (Å²) in [5, 5.41) is 5.39. The molecule has 6 heteroatoms. The van der Waals surface area contributed by atoms with E-state index in [9.17, 15) is 0 Å². The number of hydrogen-bond donors (Lipinski definition) is 2. The predicted octanol–water partition coefficient (Wildman–Crippen LogP) is 3.45. The van der Waals surface area contributed by atoms with Crippen LogP contribution in [-0.2, 0) is 13.0 Å². The molecule has 2 heterocycles. The van der Waals surface area contributed by atoms with Gasteiger partial charge in [0, 0.05) is 14.9 Å². The number of thiophene rings is 1. The van der Waals surface area contributed by atoms with E-state index >= 15 is 0 Å². The van der Waals surface area contributed by atoms with Crippen LogP contribution < -0.4 is 11.1 Å². The molecular formula is C12H15BrN4S. The van der Waals surface area contributed by atoms with Gasteiger partial charge in [-0.05, 0) is 33.8 Å². The van der Waals surface area contributed by atoms with Gasteiger partial charge in [0.2, 0.25) is 0 Å². The summed E-state index contributed by atoms with van der Waals surface area (Å²) < 4.78 is 1.12. The first-order valence-corrected chi connectivity index (χ1v) is 7.44. The first-order chi connectivity index (χ1) is 8.72. The molecule has 2 aromatic heterocycles. The summed E-state index contributed by atoms with van der Waals surface area (Å²) in [6.07, 6.45) is 3.41. The van der Waals surface area contributed by atoms with Crippen LogP contribution in [0.1, 0.15) is 23.8 Å². The van der Waals surface area contributed by atoms with Crippen molar-refractivity contribution in [3.63, 3.8) is 0 Å². The van der Waals surface area contributed by atoms with Gasteiger partial charge in [-0.2, -0.15) is 0 Å². The summed E-state index contributed by atoms with van der Waals surface area (Å²) in [5.74, 6) is 1.41. The molecule has 0 aliphatic rings. The lowest BCUT2D eigenvalue weighted by Crippen LogP contribution is -2.08. The predicted molar refractivity (Wildman–Crippen MR) is 79.8 cm³/mol. The van der Waals surface area contributed by atoms with E-state index in [2.05, 4.69) is 43.5 Å². The number of nitrogen functional groups attached to an aromatic ring is 1. The van der Waals surface area contributed by atoms with Gasteiger partial charge in [-0.3, -0.25) is 0 Å². The number of rotatable bonds is 5. The van der Waals surface area contributed by atoms with Gasteiger partial charge in [-0.25, -0.2) is 9.97 Å². The molecule has 0 saturated heterocycles. The van der Waals surface area contributed by atoms with Gasteiger partial charge in [-0.15, -0.1) is 11.3 Å². The molecule has 0 saturated carbocycles. The largest absolute Gasteiger partial charge is 0.383 e. The normalized spacial score (nSPS) is 10.6. The maximum absolute atomic E-state index is 5.89. The van der Waals surface area contributed by atoms with E-state index in [1.54, 1.807) is 11.3 Å². The van der Waals surface area contributed by atoms with Gasteiger partial charge in [0.05, 0.1) is 6.54 Å². The van der Waals surface area contributed by atoms with Crippen LogP contribution in [0.3, 0.4) is 0 Å². The minimum absolute atomic E-state index is 0.569. The number of nitrogens with zero attached hydrogens (tertiary/aromatic N) is 2. The fraction of sp³-hybridized carbons (Fsp3) is 0.333. The molecule has 0 bridgehead atoms. The Hall–Kier alpha value is -1.14. The fourth-order valence-corrected chi connectivity index (χ4v) is 3.12. The first-order valence-electron chi connectivity index (χ1n) is 5.77. The van der Waals surface area contributed by atoms with Gasteiger partial charge >= 0.3 is 0 Å². The highest BCUT2D eigenvalue weighted by molar-refractivity contribution is 9.10. The van der Waals surface area contributed by atoms with Crippen molar-refractivity contribution in [2.75, 3.05) is 11.1 Å². The van der Waals surface area contributed by atoms with Crippen molar-refractivity contribution in [1.82, 2.24) is 9.97 Å². The highest BCUT2D eigenvalue weighted by Crippen LogP contribution is 2.25. The average Bonchev–Trinajstić information content (AvgIpc) is 2.76. The molecule has 0 fully saturated rings. The third kappa shape index (κ3) is 3.00. The van der Waals surface area contributed by atoms with E-state index in [1.165, 1.54) is 11.2 Å². The second-order valence-corrected chi connectivity index (χ2v) is 5.74. The lowest BCUT2D eigenvalue weighted by molar-refractivity contribution is 0.902. The third-order valence-corrected chi connectivity index (χ3v) is 4.51. The van der Waals surface area contributed by atoms with E-state index in [-0.39, 0.29) is 0 Å². The Morgan fingerprint density at radius 1 is 1.44 bits per heavy atom. The molecule has 2 aromatic rings. The summed E-state index contributed by atoms with van der Waals surface area (Å²) in [4.78, 5) is 9.56. The lowest BCUT2D eigenvalue weighted by atomic mass is 10.1. The SMILES string of the molecule is CCCc1c(N)ncnc1NCc1sccc1Br. The van der Waals surface area contributed by atoms with Crippen LogP contribution in [0, 0.1) is 0 Å². The molecular weight excluding hydrogens is 312 g/mol. The zero-order valence-corrected chi connectivity index (χ0v) is 12.5. The molecule has 4 nitrogen and oxygen atoms in total. The van der Waals surface area contributed by atoms with Crippen molar-refractivity contribution in [1.29, 1.82) is 0 Å². The zero-order valence-electron chi connectivity index (χ0n) is 10.1. The molecule has 0 unspecified atom stereocenters. The Balaban J connectivity index is 2.14. The second-order valence-electron chi connectivity index (χ2n) is 3.88. The summed E-state index contributed by atoms with van der Waals surface area (Å²) in [6, 6.07) is 2.04. The van der Waals surface area contributed by atoms with Gasteiger partial charge in [0.15, 0.2) is 0 Å². The van der Waals surface area contributed by atoms with Crippen molar-refractivity contribution in [2.45, 2.75) is 26.3 Å². The van der Waals surface area contributed by atoms with Crippen LogP contribution in [0.2, 0.25) is 0 Å². The van der Waals surface area contributed by atoms with E-state index in [0.29, 0.717) is 5.82 Å². The number of nitrogens with two attached hydrogens (primary N) is 1. The molecule has 3 N–H and O–H groups in total. The van der Waals surface area contributed by atoms with E-state index < -0.39 is 0 Å². The van der Waals surface area contributed by atoms with Crippen molar-refractivity contribution in [3.05, 3.63) is 32.7 Å². The molecule has 0 spiro atoms. The van der Waals surface area contributed by atoms with Crippen LogP contribution in [-0.4, -0.2) is 9.97 Å². The van der Waals surface area contributed by atoms with E-state index in [4.69, 9.17) is 5.73 Å². The topological polar surface area (TPSA) is 63.8 Å². The number of anilines is 2. The minimum Gasteiger partial charge on any atom is -0.383 e. The minimum atomic E-state index is 0.569. The highest BCUT2D eigenvalue weighted by Gasteiger charge is 2.09. The van der Waals surface area contributed by atoms with Gasteiger partial charge in [0.1, 0.15) is 18.0 Å². The Labute approximate surface area is 119 Å². The van der Waals surface area contributed by atoms with Crippen molar-refractivity contribution in [3.8, 4) is 0 Å². The number of aromatic nitrogens is 2. The molecule has 0 aromatic carbocycles. The van der Waals surface area contributed by atoms with Crippen LogP contribution in [0.15, 0.2) is 22.2 Å². The van der Waals surface area contributed by atoms with Crippen LogP contribution >= 0.6 is 27.3 Å². The molecule has 0 amide bonds. The summed E-state index contributed by atoms with van der Waals surface area (Å²) in [5.41, 5.74) is 6.90. The fourth-order valence-electron chi connectivity index (χ4n) is 1.69. The maximum atomic E-state index is 5.89. The molecule has 2 rings (SSSR count). The van der Waals surface area contributed by atoms with Crippen LogP contribution in [0.4, 0.5) is 11.6 Å². The molecule has 96 valence electrons. The number of hydrogen-bond acceptors (Lipinski definition) is 5. The average molecular weight is 327 g/mol. The Kier molecular flexibility index (Phi) is 4.54. The Bertz CT molecular complexity index is 527. The number of nitrogens with one attached hydrogen (secondary N) is 1. The summed E-state index contributed by atoms with van der Waals surface area (Å²) in [6.45, 7) is 2.86. The van der Waals surface area contributed by atoms with E-state index in [1.807, 2.05) is 6.07 Å². The van der Waals surface area contributed by atoms with Crippen molar-refractivity contribution < 1.29 is 0 Å². The Morgan fingerprint density at radius 2 is 2.28 bits per heavy atom. The van der Waals surface area contributed by atoms with Gasteiger partial charge in [-0.1, -0.05) is 13.3 Å². The summed E-state index contributed by atoms with van der Waals surface area (Å²) in [7, 11) is 0. The Morgan fingerprint density at radius 3 is 2.94 bits per heavy atom. The molecule has 0 aliphatic heterocycles. The van der Waals surface area contributed by atoms with Crippen LogP contribution in [0.5, 0.6) is 0 Å². The molecule has 0 atom stereocenters. The summed E-state index contributed by atoms with van der Waals surface area (Å²) >= 11 is 5.22. The van der Waals surface area contributed by atoms with Crippen molar-refractivity contribution in [2.24, 2.45) is 0 Å². The monoisotopic (exact) mass is 326 g/mol. The highest BCUT2D eigenvalue weighted by atomic mass is 79.9. The quantitative estimate of drug-likeness (QED) is 0.883.